The molecule has 0 fully saturated rings. The molecule has 0 bridgehead atoms. The predicted molar refractivity (Wildman–Crippen MR) is 92.5 cm³/mol. The van der Waals surface area contributed by atoms with Gasteiger partial charge in [0.1, 0.15) is 5.69 Å². The van der Waals surface area contributed by atoms with Gasteiger partial charge in [-0.1, -0.05) is 33.6 Å². The first kappa shape index (κ1) is 15.1. The van der Waals surface area contributed by atoms with Crippen LogP contribution in [-0.4, -0.2) is 15.9 Å². The lowest BCUT2D eigenvalue weighted by Gasteiger charge is -2.04. The van der Waals surface area contributed by atoms with E-state index in [1.54, 1.807) is 24.4 Å². The van der Waals surface area contributed by atoms with Crippen molar-refractivity contribution in [3.63, 3.8) is 0 Å². The van der Waals surface area contributed by atoms with Gasteiger partial charge in [-0.05, 0) is 30.3 Å². The lowest BCUT2D eigenvalue weighted by Crippen LogP contribution is -2.12. The molecule has 3 rings (SSSR count). The zero-order valence-electron chi connectivity index (χ0n) is 11.1. The van der Waals surface area contributed by atoms with Crippen LogP contribution in [0.1, 0.15) is 10.4 Å². The molecule has 7 heteroatoms. The maximum Gasteiger partial charge on any atom is 0.258 e. The van der Waals surface area contributed by atoms with Gasteiger partial charge in [-0.15, -0.1) is 11.3 Å². The number of thiazole rings is 1. The Kier molecular flexibility index (Phi) is 4.52. The first-order valence-corrected chi connectivity index (χ1v) is 8.32. The molecule has 0 saturated carbocycles. The molecule has 0 saturated heterocycles. The fraction of sp³-hybridized carbons (Fsp3) is 0. The molecule has 1 amide bonds. The molecule has 0 unspecified atom stereocenters. The SMILES string of the molecule is O=C(Nc1nc(-c2ccccn2)cs1)c1ccc(Br)cc1Cl. The van der Waals surface area contributed by atoms with Crippen LogP contribution in [0.3, 0.4) is 0 Å². The molecule has 0 aliphatic carbocycles. The van der Waals surface area contributed by atoms with Gasteiger partial charge in [0, 0.05) is 16.0 Å². The van der Waals surface area contributed by atoms with Crippen molar-refractivity contribution in [1.82, 2.24) is 9.97 Å². The van der Waals surface area contributed by atoms with E-state index in [-0.39, 0.29) is 5.91 Å². The minimum Gasteiger partial charge on any atom is -0.298 e. The lowest BCUT2D eigenvalue weighted by molar-refractivity contribution is 0.102. The van der Waals surface area contributed by atoms with Gasteiger partial charge < -0.3 is 0 Å². The second-order valence-electron chi connectivity index (χ2n) is 4.33. The molecule has 0 spiro atoms. The highest BCUT2D eigenvalue weighted by atomic mass is 79.9. The monoisotopic (exact) mass is 393 g/mol. The summed E-state index contributed by atoms with van der Waals surface area (Å²) in [5, 5.41) is 5.49. The second-order valence-corrected chi connectivity index (χ2v) is 6.51. The molecule has 1 N–H and O–H groups in total. The smallest absolute Gasteiger partial charge is 0.258 e. The Labute approximate surface area is 144 Å². The number of carbonyl (C=O) groups excluding carboxylic acids is 1. The fourth-order valence-electron chi connectivity index (χ4n) is 1.80. The highest BCUT2D eigenvalue weighted by Gasteiger charge is 2.13. The van der Waals surface area contributed by atoms with Gasteiger partial charge >= 0.3 is 0 Å². The Morgan fingerprint density at radius 1 is 1.23 bits per heavy atom. The third-order valence-corrected chi connectivity index (χ3v) is 4.39. The molecular formula is C15H9BrClN3OS. The summed E-state index contributed by atoms with van der Waals surface area (Å²) in [6, 6.07) is 10.7. The number of aromatic nitrogens is 2. The van der Waals surface area contributed by atoms with Crippen molar-refractivity contribution in [2.75, 3.05) is 5.32 Å². The molecule has 22 heavy (non-hydrogen) atoms. The molecule has 0 atom stereocenters. The van der Waals surface area contributed by atoms with Crippen LogP contribution < -0.4 is 5.32 Å². The largest absolute Gasteiger partial charge is 0.298 e. The maximum absolute atomic E-state index is 12.2. The third-order valence-electron chi connectivity index (χ3n) is 2.83. The lowest BCUT2D eigenvalue weighted by atomic mass is 10.2. The van der Waals surface area contributed by atoms with E-state index >= 15 is 0 Å². The number of hydrogen-bond acceptors (Lipinski definition) is 4. The maximum atomic E-state index is 12.2. The Hall–Kier alpha value is -1.76. The number of carbonyl (C=O) groups is 1. The zero-order chi connectivity index (χ0) is 15.5. The van der Waals surface area contributed by atoms with Gasteiger partial charge in [-0.3, -0.25) is 15.1 Å². The summed E-state index contributed by atoms with van der Waals surface area (Å²) in [6.07, 6.45) is 1.70. The summed E-state index contributed by atoms with van der Waals surface area (Å²) in [5.41, 5.74) is 1.89. The van der Waals surface area contributed by atoms with Crippen LogP contribution in [0.15, 0.2) is 52.4 Å². The first-order valence-electron chi connectivity index (χ1n) is 6.27. The van der Waals surface area contributed by atoms with E-state index < -0.39 is 0 Å². The van der Waals surface area contributed by atoms with Gasteiger partial charge in [-0.25, -0.2) is 4.98 Å². The van der Waals surface area contributed by atoms with Crippen molar-refractivity contribution in [2.45, 2.75) is 0 Å². The molecule has 2 aromatic heterocycles. The van der Waals surface area contributed by atoms with Gasteiger partial charge in [-0.2, -0.15) is 0 Å². The van der Waals surface area contributed by atoms with Crippen molar-refractivity contribution in [1.29, 1.82) is 0 Å². The van der Waals surface area contributed by atoms with Crippen LogP contribution in [0.5, 0.6) is 0 Å². The number of halogens is 2. The van der Waals surface area contributed by atoms with Crippen molar-refractivity contribution in [3.8, 4) is 11.4 Å². The number of amides is 1. The molecule has 0 aliphatic heterocycles. The Balaban J connectivity index is 1.79. The molecule has 110 valence electrons. The minimum atomic E-state index is -0.292. The van der Waals surface area contributed by atoms with Gasteiger partial charge in [0.2, 0.25) is 0 Å². The number of anilines is 1. The van der Waals surface area contributed by atoms with Crippen LogP contribution in [0, 0.1) is 0 Å². The quantitative estimate of drug-likeness (QED) is 0.689. The Bertz CT molecular complexity index is 823. The van der Waals surface area contributed by atoms with Crippen molar-refractivity contribution in [2.24, 2.45) is 0 Å². The Morgan fingerprint density at radius 2 is 2.09 bits per heavy atom. The van der Waals surface area contributed by atoms with E-state index in [9.17, 15) is 4.79 Å². The predicted octanol–water partition coefficient (Wildman–Crippen LogP) is 4.87. The normalized spacial score (nSPS) is 10.5. The third kappa shape index (κ3) is 3.35. The van der Waals surface area contributed by atoms with Crippen LogP contribution in [0.25, 0.3) is 11.4 Å². The molecule has 3 aromatic rings. The highest BCUT2D eigenvalue weighted by Crippen LogP contribution is 2.25. The van der Waals surface area contributed by atoms with E-state index in [0.29, 0.717) is 15.7 Å². The fourth-order valence-corrected chi connectivity index (χ4v) is 3.26. The summed E-state index contributed by atoms with van der Waals surface area (Å²) in [7, 11) is 0. The Morgan fingerprint density at radius 3 is 2.82 bits per heavy atom. The number of hydrogen-bond donors (Lipinski definition) is 1. The molecule has 0 aliphatic rings. The van der Waals surface area contributed by atoms with E-state index in [1.807, 2.05) is 23.6 Å². The standard InChI is InChI=1S/C15H9BrClN3OS/c16-9-4-5-10(11(17)7-9)14(21)20-15-19-13(8-22-15)12-3-1-2-6-18-12/h1-8H,(H,19,20,21). The van der Waals surface area contributed by atoms with Crippen molar-refractivity contribution >= 4 is 49.9 Å². The minimum absolute atomic E-state index is 0.292. The first-order chi connectivity index (χ1) is 10.6. The number of nitrogens with one attached hydrogen (secondary N) is 1. The van der Waals surface area contributed by atoms with Gasteiger partial charge in [0.15, 0.2) is 5.13 Å². The summed E-state index contributed by atoms with van der Waals surface area (Å²) < 4.78 is 0.820. The summed E-state index contributed by atoms with van der Waals surface area (Å²) in [5.74, 6) is -0.292. The number of pyridine rings is 1. The molecular weight excluding hydrogens is 386 g/mol. The molecule has 2 heterocycles. The van der Waals surface area contributed by atoms with Gasteiger partial charge in [0.25, 0.3) is 5.91 Å². The number of benzene rings is 1. The molecule has 4 nitrogen and oxygen atoms in total. The average molecular weight is 395 g/mol. The van der Waals surface area contributed by atoms with E-state index in [4.69, 9.17) is 11.6 Å². The van der Waals surface area contributed by atoms with E-state index in [2.05, 4.69) is 31.2 Å². The summed E-state index contributed by atoms with van der Waals surface area (Å²) >= 11 is 10.7. The van der Waals surface area contributed by atoms with Crippen LogP contribution >= 0.6 is 38.9 Å². The highest BCUT2D eigenvalue weighted by molar-refractivity contribution is 9.10. The molecule has 0 radical (unpaired) electrons. The summed E-state index contributed by atoms with van der Waals surface area (Å²) in [6.45, 7) is 0. The zero-order valence-corrected chi connectivity index (χ0v) is 14.2. The van der Waals surface area contributed by atoms with Crippen molar-refractivity contribution < 1.29 is 4.79 Å². The van der Waals surface area contributed by atoms with Gasteiger partial charge in [0.05, 0.1) is 16.3 Å². The number of nitrogens with zero attached hydrogens (tertiary/aromatic N) is 2. The van der Waals surface area contributed by atoms with Crippen LogP contribution in [0.2, 0.25) is 5.02 Å². The van der Waals surface area contributed by atoms with Crippen molar-refractivity contribution in [3.05, 3.63) is 63.0 Å². The van der Waals surface area contributed by atoms with Crippen LogP contribution in [0.4, 0.5) is 5.13 Å². The van der Waals surface area contributed by atoms with Crippen LogP contribution in [-0.2, 0) is 0 Å². The molecule has 1 aromatic carbocycles. The van der Waals surface area contributed by atoms with E-state index in [1.165, 1.54) is 11.3 Å². The van der Waals surface area contributed by atoms with E-state index in [0.717, 1.165) is 15.9 Å². The topological polar surface area (TPSA) is 54.9 Å². The number of rotatable bonds is 3. The second kappa shape index (κ2) is 6.56. The summed E-state index contributed by atoms with van der Waals surface area (Å²) in [4.78, 5) is 20.8. The average Bonchev–Trinajstić information content (AvgIpc) is 2.96.